The average molecular weight is 319 g/mol. The van der Waals surface area contributed by atoms with Crippen molar-refractivity contribution < 1.29 is 9.47 Å². The van der Waals surface area contributed by atoms with Crippen molar-refractivity contribution >= 4 is 23.2 Å². The summed E-state index contributed by atoms with van der Waals surface area (Å²) in [5.41, 5.74) is 0. The Balaban J connectivity index is 1.69. The number of benzene rings is 1. The monoisotopic (exact) mass is 318 g/mol. The van der Waals surface area contributed by atoms with Crippen LogP contribution >= 0.6 is 23.2 Å². The molecule has 1 N–H and O–H groups in total. The minimum atomic E-state index is 0.257. The highest BCUT2D eigenvalue weighted by atomic mass is 35.5. The summed E-state index contributed by atoms with van der Waals surface area (Å²) in [5, 5.41) is 4.48. The van der Waals surface area contributed by atoms with Gasteiger partial charge in [-0.3, -0.25) is 0 Å². The van der Waals surface area contributed by atoms with Gasteiger partial charge in [0, 0.05) is 31.2 Å². The summed E-state index contributed by atoms with van der Waals surface area (Å²) in [6.07, 6.45) is 0.257. The first kappa shape index (κ1) is 15.9. The highest BCUT2D eigenvalue weighted by molar-refractivity contribution is 6.35. The SMILES string of the molecule is CN(CCOc1ccc(Cl)cc1Cl)CC1CNCCO1. The van der Waals surface area contributed by atoms with Crippen molar-refractivity contribution in [2.45, 2.75) is 6.10 Å². The van der Waals surface area contributed by atoms with Crippen LogP contribution in [0, 0.1) is 0 Å². The molecule has 1 aliphatic heterocycles. The zero-order valence-corrected chi connectivity index (χ0v) is 13.1. The fraction of sp³-hybridized carbons (Fsp3) is 0.571. The molecule has 6 heteroatoms. The summed E-state index contributed by atoms with van der Waals surface area (Å²) in [7, 11) is 2.06. The fourth-order valence-corrected chi connectivity index (χ4v) is 2.54. The van der Waals surface area contributed by atoms with Crippen LogP contribution in [-0.4, -0.2) is 57.4 Å². The molecule has 1 unspecified atom stereocenters. The van der Waals surface area contributed by atoms with E-state index in [4.69, 9.17) is 32.7 Å². The molecule has 4 nitrogen and oxygen atoms in total. The van der Waals surface area contributed by atoms with Gasteiger partial charge in [-0.15, -0.1) is 0 Å². The van der Waals surface area contributed by atoms with E-state index in [-0.39, 0.29) is 6.10 Å². The Hall–Kier alpha value is -0.520. The van der Waals surface area contributed by atoms with Gasteiger partial charge in [0.15, 0.2) is 0 Å². The molecule has 0 amide bonds. The van der Waals surface area contributed by atoms with Gasteiger partial charge in [-0.1, -0.05) is 23.2 Å². The lowest BCUT2D eigenvalue weighted by atomic mass is 10.3. The minimum absolute atomic E-state index is 0.257. The number of hydrogen-bond acceptors (Lipinski definition) is 4. The topological polar surface area (TPSA) is 33.7 Å². The third-order valence-corrected chi connectivity index (χ3v) is 3.67. The number of hydrogen-bond donors (Lipinski definition) is 1. The van der Waals surface area contributed by atoms with Gasteiger partial charge in [0.2, 0.25) is 0 Å². The normalized spacial score (nSPS) is 19.3. The lowest BCUT2D eigenvalue weighted by Gasteiger charge is -2.27. The molecule has 1 heterocycles. The van der Waals surface area contributed by atoms with Crippen molar-refractivity contribution in [2.75, 3.05) is 46.4 Å². The van der Waals surface area contributed by atoms with Crippen LogP contribution < -0.4 is 10.1 Å². The van der Waals surface area contributed by atoms with Gasteiger partial charge in [-0.25, -0.2) is 0 Å². The van der Waals surface area contributed by atoms with E-state index in [0.29, 0.717) is 22.4 Å². The van der Waals surface area contributed by atoms with E-state index in [2.05, 4.69) is 17.3 Å². The molecule has 1 saturated heterocycles. The van der Waals surface area contributed by atoms with Crippen LogP contribution in [0.1, 0.15) is 0 Å². The first-order chi connectivity index (χ1) is 9.65. The first-order valence-electron chi connectivity index (χ1n) is 6.74. The van der Waals surface area contributed by atoms with Crippen LogP contribution in [0.15, 0.2) is 18.2 Å². The lowest BCUT2D eigenvalue weighted by Crippen LogP contribution is -2.45. The third kappa shape index (κ3) is 5.11. The smallest absolute Gasteiger partial charge is 0.138 e. The van der Waals surface area contributed by atoms with Gasteiger partial charge in [0.25, 0.3) is 0 Å². The molecule has 0 saturated carbocycles. The summed E-state index contributed by atoms with van der Waals surface area (Å²) in [4.78, 5) is 2.20. The molecule has 20 heavy (non-hydrogen) atoms. The van der Waals surface area contributed by atoms with E-state index in [1.165, 1.54) is 0 Å². The molecular weight excluding hydrogens is 299 g/mol. The van der Waals surface area contributed by atoms with Crippen LogP contribution in [0.25, 0.3) is 0 Å². The largest absolute Gasteiger partial charge is 0.491 e. The second kappa shape index (κ2) is 8.05. The Morgan fingerprint density at radius 3 is 3.00 bits per heavy atom. The van der Waals surface area contributed by atoms with E-state index in [1.54, 1.807) is 18.2 Å². The van der Waals surface area contributed by atoms with E-state index in [0.717, 1.165) is 32.8 Å². The van der Waals surface area contributed by atoms with E-state index in [9.17, 15) is 0 Å². The van der Waals surface area contributed by atoms with Crippen molar-refractivity contribution in [3.05, 3.63) is 28.2 Å². The van der Waals surface area contributed by atoms with Gasteiger partial charge >= 0.3 is 0 Å². The Morgan fingerprint density at radius 2 is 2.30 bits per heavy atom. The average Bonchev–Trinajstić information content (AvgIpc) is 2.42. The number of nitrogens with zero attached hydrogens (tertiary/aromatic N) is 1. The molecule has 1 aromatic carbocycles. The van der Waals surface area contributed by atoms with Crippen LogP contribution in [0.5, 0.6) is 5.75 Å². The molecule has 1 aliphatic rings. The molecular formula is C14H20Cl2N2O2. The minimum Gasteiger partial charge on any atom is -0.491 e. The van der Waals surface area contributed by atoms with Crippen LogP contribution in [0.3, 0.4) is 0 Å². The summed E-state index contributed by atoms with van der Waals surface area (Å²) >= 11 is 11.9. The highest BCUT2D eigenvalue weighted by Crippen LogP contribution is 2.27. The molecule has 0 radical (unpaired) electrons. The maximum atomic E-state index is 6.05. The quantitative estimate of drug-likeness (QED) is 0.872. The van der Waals surface area contributed by atoms with Crippen molar-refractivity contribution in [2.24, 2.45) is 0 Å². The Labute approximate surface area is 129 Å². The van der Waals surface area contributed by atoms with Crippen molar-refractivity contribution in [3.8, 4) is 5.75 Å². The standard InChI is InChI=1S/C14H20Cl2N2O2/c1-18(10-12-9-17-4-6-19-12)5-7-20-14-3-2-11(15)8-13(14)16/h2-3,8,12,17H,4-7,9-10H2,1H3. The van der Waals surface area contributed by atoms with Crippen LogP contribution in [0.4, 0.5) is 0 Å². The maximum absolute atomic E-state index is 6.05. The summed E-state index contributed by atoms with van der Waals surface area (Å²) in [6.45, 7) is 4.93. The van der Waals surface area contributed by atoms with E-state index >= 15 is 0 Å². The van der Waals surface area contributed by atoms with E-state index in [1.807, 2.05) is 0 Å². The molecule has 1 atom stereocenters. The molecule has 1 aromatic rings. The molecule has 1 fully saturated rings. The number of morpholine rings is 1. The third-order valence-electron chi connectivity index (χ3n) is 3.14. The summed E-state index contributed by atoms with van der Waals surface area (Å²) < 4.78 is 11.3. The van der Waals surface area contributed by atoms with Crippen molar-refractivity contribution in [1.29, 1.82) is 0 Å². The number of ether oxygens (including phenoxy) is 2. The first-order valence-corrected chi connectivity index (χ1v) is 7.49. The maximum Gasteiger partial charge on any atom is 0.138 e. The summed E-state index contributed by atoms with van der Waals surface area (Å²) in [6, 6.07) is 5.25. The predicted octanol–water partition coefficient (Wildman–Crippen LogP) is 2.29. The predicted molar refractivity (Wildman–Crippen MR) is 82.1 cm³/mol. The number of halogens is 2. The zero-order valence-electron chi connectivity index (χ0n) is 11.6. The van der Waals surface area contributed by atoms with Gasteiger partial charge in [-0.2, -0.15) is 0 Å². The summed E-state index contributed by atoms with van der Waals surface area (Å²) in [5.74, 6) is 0.667. The molecule has 0 aromatic heterocycles. The zero-order chi connectivity index (χ0) is 14.4. The Kier molecular flexibility index (Phi) is 6.39. The van der Waals surface area contributed by atoms with Crippen LogP contribution in [0.2, 0.25) is 10.0 Å². The molecule has 0 bridgehead atoms. The van der Waals surface area contributed by atoms with Gasteiger partial charge in [-0.05, 0) is 25.2 Å². The second-order valence-electron chi connectivity index (χ2n) is 4.88. The molecule has 112 valence electrons. The van der Waals surface area contributed by atoms with Crippen molar-refractivity contribution in [3.63, 3.8) is 0 Å². The second-order valence-corrected chi connectivity index (χ2v) is 5.73. The number of likely N-dealkylation sites (N-methyl/N-ethyl adjacent to an activating group) is 1. The van der Waals surface area contributed by atoms with Gasteiger partial charge in [0.05, 0.1) is 17.7 Å². The van der Waals surface area contributed by atoms with Crippen LogP contribution in [-0.2, 0) is 4.74 Å². The number of rotatable bonds is 6. The van der Waals surface area contributed by atoms with Gasteiger partial charge < -0.3 is 19.7 Å². The van der Waals surface area contributed by atoms with Gasteiger partial charge in [0.1, 0.15) is 12.4 Å². The number of nitrogens with one attached hydrogen (secondary N) is 1. The fourth-order valence-electron chi connectivity index (χ4n) is 2.08. The van der Waals surface area contributed by atoms with Crippen molar-refractivity contribution in [1.82, 2.24) is 10.2 Å². The van der Waals surface area contributed by atoms with E-state index < -0.39 is 0 Å². The Bertz CT molecular complexity index is 426. The lowest BCUT2D eigenvalue weighted by molar-refractivity contribution is 0.00848. The molecule has 2 rings (SSSR count). The molecule has 0 spiro atoms. The Morgan fingerprint density at radius 1 is 1.45 bits per heavy atom. The highest BCUT2D eigenvalue weighted by Gasteiger charge is 2.15. The molecule has 0 aliphatic carbocycles.